The van der Waals surface area contributed by atoms with Crippen molar-refractivity contribution in [3.63, 3.8) is 0 Å². The van der Waals surface area contributed by atoms with Gasteiger partial charge in [-0.2, -0.15) is 0 Å². The van der Waals surface area contributed by atoms with Crippen molar-refractivity contribution in [1.29, 1.82) is 0 Å². The maximum absolute atomic E-state index is 9.35. The fraction of sp³-hybridized carbons (Fsp3) is 0. The number of rotatable bonds is 0. The van der Waals surface area contributed by atoms with Gasteiger partial charge in [-0.05, 0) is 18.2 Å². The number of benzene rings is 1. The highest BCUT2D eigenvalue weighted by molar-refractivity contribution is 6.31. The molecule has 1 N–H and O–H groups in total. The number of hydrogen-bond acceptors (Lipinski definition) is 1. The summed E-state index contributed by atoms with van der Waals surface area (Å²) in [6, 6.07) is 9.07. The van der Waals surface area contributed by atoms with Gasteiger partial charge in [0, 0.05) is 21.9 Å². The van der Waals surface area contributed by atoms with E-state index in [9.17, 15) is 5.21 Å². The first-order valence-electron chi connectivity index (χ1n) is 3.56. The Labute approximate surface area is 74.6 Å². The van der Waals surface area contributed by atoms with E-state index in [1.807, 2.05) is 12.1 Å². The molecule has 0 radical (unpaired) electrons. The Morgan fingerprint density at radius 3 is 2.92 bits per heavy atom. The van der Waals surface area contributed by atoms with Crippen LogP contribution in [0.5, 0.6) is 0 Å². The molecule has 1 aromatic heterocycles. The lowest BCUT2D eigenvalue weighted by molar-refractivity contribution is -0.884. The monoisotopic (exact) mass is 180 g/mol. The van der Waals surface area contributed by atoms with Gasteiger partial charge >= 0.3 is 0 Å². The van der Waals surface area contributed by atoms with Gasteiger partial charge in [-0.3, -0.25) is 5.21 Å². The zero-order valence-corrected chi connectivity index (χ0v) is 6.99. The second-order valence-electron chi connectivity index (χ2n) is 2.56. The summed E-state index contributed by atoms with van der Waals surface area (Å²) < 4.78 is 1.06. The van der Waals surface area contributed by atoms with Gasteiger partial charge in [-0.1, -0.05) is 11.6 Å². The molecule has 0 saturated heterocycles. The first kappa shape index (κ1) is 7.37. The van der Waals surface area contributed by atoms with Crippen molar-refractivity contribution < 1.29 is 9.94 Å². The van der Waals surface area contributed by atoms with E-state index in [2.05, 4.69) is 0 Å². The average Bonchev–Trinajstić information content (AvgIpc) is 2.07. The summed E-state index contributed by atoms with van der Waals surface area (Å²) in [5.41, 5.74) is 0.713. The van der Waals surface area contributed by atoms with Gasteiger partial charge < -0.3 is 0 Å². The lowest BCUT2D eigenvalue weighted by Crippen LogP contribution is -2.29. The molecule has 0 fully saturated rings. The molecule has 0 bridgehead atoms. The van der Waals surface area contributed by atoms with Gasteiger partial charge in [0.15, 0.2) is 0 Å². The molecule has 3 heteroatoms. The predicted octanol–water partition coefficient (Wildman–Crippen LogP) is 2.02. The van der Waals surface area contributed by atoms with Gasteiger partial charge in [-0.15, -0.1) is 0 Å². The summed E-state index contributed by atoms with van der Waals surface area (Å²) in [4.78, 5) is 0. The molecule has 0 aliphatic rings. The molecular formula is C9H7ClNO+. The van der Waals surface area contributed by atoms with Crippen molar-refractivity contribution in [1.82, 2.24) is 0 Å². The van der Waals surface area contributed by atoms with Crippen LogP contribution < -0.4 is 4.73 Å². The van der Waals surface area contributed by atoms with E-state index in [0.29, 0.717) is 10.5 Å². The maximum atomic E-state index is 9.35. The molecule has 1 heterocycles. The number of fused-ring (bicyclic) bond motifs is 1. The van der Waals surface area contributed by atoms with Crippen LogP contribution in [-0.4, -0.2) is 5.21 Å². The van der Waals surface area contributed by atoms with Crippen LogP contribution >= 0.6 is 11.6 Å². The smallest absolute Gasteiger partial charge is 0.265 e. The van der Waals surface area contributed by atoms with Crippen LogP contribution in [0.2, 0.25) is 5.02 Å². The van der Waals surface area contributed by atoms with Crippen LogP contribution in [-0.2, 0) is 0 Å². The van der Waals surface area contributed by atoms with Crippen LogP contribution in [0.1, 0.15) is 0 Å². The van der Waals surface area contributed by atoms with E-state index < -0.39 is 0 Å². The highest BCUT2D eigenvalue weighted by atomic mass is 35.5. The average molecular weight is 181 g/mol. The van der Waals surface area contributed by atoms with Crippen molar-refractivity contribution in [3.8, 4) is 0 Å². The highest BCUT2D eigenvalue weighted by Crippen LogP contribution is 2.15. The first-order chi connectivity index (χ1) is 5.77. The largest absolute Gasteiger partial charge is 0.285 e. The molecule has 0 saturated carbocycles. The highest BCUT2D eigenvalue weighted by Gasteiger charge is 2.05. The molecule has 0 spiro atoms. The molecule has 2 nitrogen and oxygen atoms in total. The number of pyridine rings is 1. The van der Waals surface area contributed by atoms with Crippen molar-refractivity contribution in [2.24, 2.45) is 0 Å². The minimum atomic E-state index is 0.622. The van der Waals surface area contributed by atoms with E-state index in [1.54, 1.807) is 24.4 Å². The lowest BCUT2D eigenvalue weighted by Gasteiger charge is -1.92. The van der Waals surface area contributed by atoms with Crippen LogP contribution in [0.15, 0.2) is 36.5 Å². The molecular weight excluding hydrogens is 174 g/mol. The van der Waals surface area contributed by atoms with Gasteiger partial charge in [0.25, 0.3) is 5.52 Å². The molecule has 0 atom stereocenters. The maximum Gasteiger partial charge on any atom is 0.265 e. The normalized spacial score (nSPS) is 10.4. The van der Waals surface area contributed by atoms with Gasteiger partial charge in [0.2, 0.25) is 6.20 Å². The summed E-state index contributed by atoms with van der Waals surface area (Å²) in [7, 11) is 0. The zero-order chi connectivity index (χ0) is 8.55. The Balaban J connectivity index is 2.88. The summed E-state index contributed by atoms with van der Waals surface area (Å²) in [5.74, 6) is 0. The Kier molecular flexibility index (Phi) is 1.62. The third kappa shape index (κ3) is 1.10. The molecule has 0 unspecified atom stereocenters. The topological polar surface area (TPSA) is 24.1 Å². The second kappa shape index (κ2) is 2.64. The van der Waals surface area contributed by atoms with Crippen LogP contribution in [0.3, 0.4) is 0 Å². The molecule has 12 heavy (non-hydrogen) atoms. The minimum Gasteiger partial charge on any atom is -0.285 e. The third-order valence-corrected chi connectivity index (χ3v) is 1.98. The van der Waals surface area contributed by atoms with E-state index in [0.717, 1.165) is 10.1 Å². The minimum absolute atomic E-state index is 0.622. The molecule has 0 aliphatic carbocycles. The Hall–Kier alpha value is -1.28. The predicted molar refractivity (Wildman–Crippen MR) is 46.3 cm³/mol. The van der Waals surface area contributed by atoms with E-state index >= 15 is 0 Å². The fourth-order valence-corrected chi connectivity index (χ4v) is 1.33. The van der Waals surface area contributed by atoms with Crippen LogP contribution in [0.25, 0.3) is 10.9 Å². The molecule has 0 aliphatic heterocycles. The molecule has 2 aromatic rings. The summed E-state index contributed by atoms with van der Waals surface area (Å²) in [5, 5.41) is 10.9. The second-order valence-corrected chi connectivity index (χ2v) is 2.99. The van der Waals surface area contributed by atoms with Gasteiger partial charge in [0.05, 0.1) is 5.39 Å². The van der Waals surface area contributed by atoms with Gasteiger partial charge in [0.1, 0.15) is 0 Å². The number of halogens is 1. The van der Waals surface area contributed by atoms with Crippen molar-refractivity contribution in [2.75, 3.05) is 0 Å². The van der Waals surface area contributed by atoms with Crippen molar-refractivity contribution in [3.05, 3.63) is 41.6 Å². The van der Waals surface area contributed by atoms with E-state index in [4.69, 9.17) is 11.6 Å². The summed E-state index contributed by atoms with van der Waals surface area (Å²) in [6.45, 7) is 0. The van der Waals surface area contributed by atoms with Crippen molar-refractivity contribution in [2.45, 2.75) is 0 Å². The van der Waals surface area contributed by atoms with Crippen LogP contribution in [0, 0.1) is 0 Å². The zero-order valence-electron chi connectivity index (χ0n) is 6.24. The third-order valence-electron chi connectivity index (χ3n) is 1.74. The fourth-order valence-electron chi connectivity index (χ4n) is 1.16. The Morgan fingerprint density at radius 1 is 1.25 bits per heavy atom. The van der Waals surface area contributed by atoms with E-state index in [-0.39, 0.29) is 0 Å². The SMILES string of the molecule is O[n+]1cccc2ccc(Cl)cc21. The van der Waals surface area contributed by atoms with Gasteiger partial charge in [-0.25, -0.2) is 0 Å². The Morgan fingerprint density at radius 2 is 2.08 bits per heavy atom. The van der Waals surface area contributed by atoms with E-state index in [1.165, 1.54) is 0 Å². The number of aromatic nitrogens is 1. The van der Waals surface area contributed by atoms with Crippen molar-refractivity contribution >= 4 is 22.5 Å². The lowest BCUT2D eigenvalue weighted by atomic mass is 10.2. The molecule has 60 valence electrons. The molecule has 2 rings (SSSR count). The van der Waals surface area contributed by atoms with Crippen LogP contribution in [0.4, 0.5) is 0 Å². The first-order valence-corrected chi connectivity index (χ1v) is 3.94. The number of hydrogen-bond donors (Lipinski definition) is 1. The standard InChI is InChI=1S/C9H7ClNO/c10-8-4-3-7-2-1-5-11(12)9(7)6-8/h1-6,12H/q+1. The molecule has 1 aromatic carbocycles. The summed E-state index contributed by atoms with van der Waals surface area (Å²) in [6.07, 6.45) is 1.57. The summed E-state index contributed by atoms with van der Waals surface area (Å²) >= 11 is 5.77. The molecule has 0 amide bonds. The quantitative estimate of drug-likeness (QED) is 0.487. The number of nitrogens with zero attached hydrogens (tertiary/aromatic N) is 1. The Bertz CT molecular complexity index is 428.